The summed E-state index contributed by atoms with van der Waals surface area (Å²) < 4.78 is 0. The molecule has 0 aromatic rings. The van der Waals surface area contributed by atoms with Gasteiger partial charge in [-0.05, 0) is 32.6 Å². The van der Waals surface area contributed by atoms with Gasteiger partial charge in [0.25, 0.3) is 0 Å². The van der Waals surface area contributed by atoms with Crippen molar-refractivity contribution < 1.29 is 19.8 Å². The highest BCUT2D eigenvalue weighted by Gasteiger charge is 2.20. The van der Waals surface area contributed by atoms with Crippen LogP contribution in [0.1, 0.15) is 97.3 Å². The van der Waals surface area contributed by atoms with E-state index in [1.807, 2.05) is 13.0 Å². The summed E-state index contributed by atoms with van der Waals surface area (Å²) in [7, 11) is 0. The Hall–Kier alpha value is -1.05. The number of amides is 1. The third-order valence-electron chi connectivity index (χ3n) is 5.46. The maximum absolute atomic E-state index is 11.1. The number of aliphatic hydroxyl groups is 1. The Labute approximate surface area is 194 Å². The molecule has 0 fully saturated rings. The Morgan fingerprint density at radius 2 is 1.65 bits per heavy atom. The molecule has 0 unspecified atom stereocenters. The van der Waals surface area contributed by atoms with Crippen molar-refractivity contribution >= 4 is 24.1 Å². The second-order valence-electron chi connectivity index (χ2n) is 8.20. The molecule has 0 aliphatic rings. The van der Waals surface area contributed by atoms with Crippen LogP contribution in [0.15, 0.2) is 12.2 Å². The van der Waals surface area contributed by atoms with Crippen LogP contribution in [0, 0.1) is 0 Å². The van der Waals surface area contributed by atoms with Crippen molar-refractivity contribution in [1.82, 2.24) is 4.90 Å². The van der Waals surface area contributed by atoms with E-state index in [9.17, 15) is 14.7 Å². The summed E-state index contributed by atoms with van der Waals surface area (Å²) in [5.74, 6) is -0.320. The Kier molecular flexibility index (Phi) is 20.1. The van der Waals surface area contributed by atoms with Gasteiger partial charge >= 0.3 is 5.97 Å². The first-order valence-electron chi connectivity index (χ1n) is 12.1. The Bertz CT molecular complexity index is 476. The fraction of sp³-hybridized carbons (Fsp3) is 0.833. The zero-order valence-electron chi connectivity index (χ0n) is 19.7. The molecule has 0 aromatic heterocycles. The van der Waals surface area contributed by atoms with Gasteiger partial charge in [0.15, 0.2) is 0 Å². The lowest BCUT2D eigenvalue weighted by atomic mass is 10.1. The van der Waals surface area contributed by atoms with Crippen molar-refractivity contribution in [2.45, 2.75) is 115 Å². The van der Waals surface area contributed by atoms with Crippen LogP contribution >= 0.6 is 11.8 Å². The van der Waals surface area contributed by atoms with Crippen molar-refractivity contribution in [3.63, 3.8) is 0 Å². The highest BCUT2D eigenvalue weighted by Crippen LogP contribution is 2.22. The first kappa shape index (κ1) is 29.9. The van der Waals surface area contributed by atoms with Gasteiger partial charge < -0.3 is 20.8 Å². The van der Waals surface area contributed by atoms with Crippen molar-refractivity contribution in [2.75, 3.05) is 12.3 Å². The molecular formula is C24H46N2O4S. The summed E-state index contributed by atoms with van der Waals surface area (Å²) >= 11 is 1.53. The lowest BCUT2D eigenvalue weighted by Crippen LogP contribution is -2.43. The standard InChI is InChI=1S/C24H46N2O4S/c1-3-5-6-7-8-9-10-11-12-13-14-17-22(21(28)16-15-18-24(29)30)31-19-23(25)26(4-2)20-27/h14,17,20-23,28H,3-13,15-16,18-19,25H2,1-2H3,(H,29,30)/t21-,22+,23-/m0/s1. The van der Waals surface area contributed by atoms with Crippen molar-refractivity contribution in [1.29, 1.82) is 0 Å². The van der Waals surface area contributed by atoms with Crippen LogP contribution in [0.4, 0.5) is 0 Å². The molecule has 0 aliphatic carbocycles. The molecule has 0 heterocycles. The van der Waals surface area contributed by atoms with E-state index in [-0.39, 0.29) is 11.7 Å². The number of carboxylic acid groups (broad SMARTS) is 1. The maximum Gasteiger partial charge on any atom is 0.303 e. The number of nitrogens with two attached hydrogens (primary N) is 1. The van der Waals surface area contributed by atoms with Gasteiger partial charge in [0.05, 0.1) is 12.3 Å². The number of carbonyl (C=O) groups is 2. The van der Waals surface area contributed by atoms with E-state index in [2.05, 4.69) is 13.0 Å². The van der Waals surface area contributed by atoms with Gasteiger partial charge in [0.2, 0.25) is 6.41 Å². The summed E-state index contributed by atoms with van der Waals surface area (Å²) in [4.78, 5) is 23.3. The third kappa shape index (κ3) is 17.2. The number of unbranched alkanes of at least 4 members (excludes halogenated alkanes) is 9. The normalized spacial score (nSPS) is 14.5. The molecule has 0 radical (unpaired) electrons. The Balaban J connectivity index is 4.35. The van der Waals surface area contributed by atoms with E-state index in [1.165, 1.54) is 68.0 Å². The van der Waals surface area contributed by atoms with Gasteiger partial charge in [-0.1, -0.05) is 70.4 Å². The molecule has 4 N–H and O–H groups in total. The number of thioether (sulfide) groups is 1. The largest absolute Gasteiger partial charge is 0.481 e. The summed E-state index contributed by atoms with van der Waals surface area (Å²) in [6, 6.07) is 0. The Morgan fingerprint density at radius 1 is 1.03 bits per heavy atom. The lowest BCUT2D eigenvalue weighted by molar-refractivity contribution is -0.137. The molecule has 0 rings (SSSR count). The lowest BCUT2D eigenvalue weighted by Gasteiger charge is -2.26. The van der Waals surface area contributed by atoms with E-state index in [1.54, 1.807) is 0 Å². The first-order chi connectivity index (χ1) is 15.0. The number of aliphatic hydroxyl groups excluding tert-OH is 1. The minimum Gasteiger partial charge on any atom is -0.481 e. The second-order valence-corrected chi connectivity index (χ2v) is 9.41. The van der Waals surface area contributed by atoms with Crippen LogP contribution in [0.5, 0.6) is 0 Å². The molecule has 31 heavy (non-hydrogen) atoms. The predicted octanol–water partition coefficient (Wildman–Crippen LogP) is 4.94. The van der Waals surface area contributed by atoms with E-state index in [0.717, 1.165) is 19.3 Å². The van der Waals surface area contributed by atoms with Crippen LogP contribution in [0.25, 0.3) is 0 Å². The van der Waals surface area contributed by atoms with Crippen LogP contribution in [0.3, 0.4) is 0 Å². The molecule has 182 valence electrons. The van der Waals surface area contributed by atoms with Crippen LogP contribution < -0.4 is 5.73 Å². The number of carboxylic acids is 1. The molecule has 3 atom stereocenters. The molecule has 0 aliphatic heterocycles. The summed E-state index contributed by atoms with van der Waals surface area (Å²) in [5.41, 5.74) is 6.08. The third-order valence-corrected chi connectivity index (χ3v) is 6.85. The molecule has 6 nitrogen and oxygen atoms in total. The second kappa shape index (κ2) is 20.8. The molecule has 0 saturated carbocycles. The fourth-order valence-electron chi connectivity index (χ4n) is 3.42. The van der Waals surface area contributed by atoms with Crippen molar-refractivity contribution in [3.05, 3.63) is 12.2 Å². The average molecular weight is 459 g/mol. The Morgan fingerprint density at radius 3 is 2.19 bits per heavy atom. The van der Waals surface area contributed by atoms with Gasteiger partial charge in [-0.25, -0.2) is 0 Å². The summed E-state index contributed by atoms with van der Waals surface area (Å²) in [6.45, 7) is 4.67. The first-order valence-corrected chi connectivity index (χ1v) is 13.2. The minimum absolute atomic E-state index is 0.0604. The molecule has 7 heteroatoms. The fourth-order valence-corrected chi connectivity index (χ4v) is 4.61. The van der Waals surface area contributed by atoms with Crippen molar-refractivity contribution in [2.24, 2.45) is 5.73 Å². The smallest absolute Gasteiger partial charge is 0.303 e. The van der Waals surface area contributed by atoms with E-state index < -0.39 is 18.2 Å². The summed E-state index contributed by atoms with van der Waals surface area (Å²) in [6.07, 6.45) is 17.5. The number of hydrogen-bond acceptors (Lipinski definition) is 5. The highest BCUT2D eigenvalue weighted by atomic mass is 32.2. The SMILES string of the molecule is CCCCCCCCCCCC=C[C@@H](SC[C@@H](N)N(C=O)CC)[C@@H](O)CCCC(=O)O. The average Bonchev–Trinajstić information content (AvgIpc) is 2.74. The van der Waals surface area contributed by atoms with E-state index in [0.29, 0.717) is 25.1 Å². The number of hydrogen-bond donors (Lipinski definition) is 3. The van der Waals surface area contributed by atoms with Crippen LogP contribution in [-0.2, 0) is 9.59 Å². The van der Waals surface area contributed by atoms with E-state index in [4.69, 9.17) is 10.8 Å². The zero-order chi connectivity index (χ0) is 23.3. The molecular weight excluding hydrogens is 412 g/mol. The molecule has 0 spiro atoms. The number of carbonyl (C=O) groups excluding carboxylic acids is 1. The number of aliphatic carboxylic acids is 1. The molecule has 1 amide bonds. The number of rotatable bonds is 22. The van der Waals surface area contributed by atoms with Gasteiger partial charge in [-0.2, -0.15) is 0 Å². The summed E-state index contributed by atoms with van der Waals surface area (Å²) in [5, 5.41) is 19.2. The topological polar surface area (TPSA) is 104 Å². The highest BCUT2D eigenvalue weighted by molar-refractivity contribution is 8.00. The zero-order valence-corrected chi connectivity index (χ0v) is 20.5. The molecule has 0 aromatic carbocycles. The van der Waals surface area contributed by atoms with Crippen molar-refractivity contribution in [3.8, 4) is 0 Å². The maximum atomic E-state index is 11.1. The molecule has 0 saturated heterocycles. The monoisotopic (exact) mass is 458 g/mol. The van der Waals surface area contributed by atoms with Gasteiger partial charge in [-0.15, -0.1) is 11.8 Å². The van der Waals surface area contributed by atoms with Crippen LogP contribution in [0.2, 0.25) is 0 Å². The van der Waals surface area contributed by atoms with Gasteiger partial charge in [0.1, 0.15) is 0 Å². The van der Waals surface area contributed by atoms with Gasteiger partial charge in [-0.3, -0.25) is 9.59 Å². The predicted molar refractivity (Wildman–Crippen MR) is 131 cm³/mol. The minimum atomic E-state index is -0.844. The van der Waals surface area contributed by atoms with Gasteiger partial charge in [0, 0.05) is 24.0 Å². The number of allylic oxidation sites excluding steroid dienone is 1. The number of nitrogens with zero attached hydrogens (tertiary/aromatic N) is 1. The quantitative estimate of drug-likeness (QED) is 0.0918. The molecule has 0 bridgehead atoms. The van der Waals surface area contributed by atoms with Crippen LogP contribution in [-0.4, -0.2) is 57.3 Å². The van der Waals surface area contributed by atoms with E-state index >= 15 is 0 Å².